The average molecular weight is 677 g/mol. The summed E-state index contributed by atoms with van der Waals surface area (Å²) in [6.07, 6.45) is 1.38. The number of imidazole rings is 1. The molecule has 0 aromatic carbocycles. The number of ether oxygens (including phenoxy) is 2. The van der Waals surface area contributed by atoms with Crippen LogP contribution in [-0.2, 0) is 42.4 Å². The van der Waals surface area contributed by atoms with Crippen molar-refractivity contribution in [2.45, 2.75) is 43.1 Å². The molecule has 17 nitrogen and oxygen atoms in total. The third-order valence-electron chi connectivity index (χ3n) is 7.33. The second kappa shape index (κ2) is 10.6. The highest BCUT2D eigenvalue weighted by atomic mass is 32.7. The Morgan fingerprint density at radius 1 is 1.09 bits per heavy atom. The zero-order chi connectivity index (χ0) is 30.1. The number of nitrogen functional groups attached to an aromatic ring is 1. The van der Waals surface area contributed by atoms with E-state index in [-0.39, 0.29) is 42.9 Å². The van der Waals surface area contributed by atoms with Gasteiger partial charge in [0, 0.05) is 19.0 Å². The standard InChI is InChI=1S/C21H23FN8O9P2S2/c22-11-3-30(18-15(11)20(31)27-8-25-18)21-2-10(34-6-21)4-35-40(32,42)38-12-1-14(37-13(12)5-36-41(33,43)39-21)29-9-28-16-17(23)24-7-26-19(16)29/h3,7-10,12-14H,1-2,4-6H2,(H,32,42)(H,33,43)(H2,23,24,26)(H,25,27,31)/t10-,12-,13+,14+,21-,40?,41?/m0/s1. The molecule has 3 aliphatic heterocycles. The Morgan fingerprint density at radius 2 is 1.91 bits per heavy atom. The van der Waals surface area contributed by atoms with Gasteiger partial charge in [-0.05, 0) is 0 Å². The highest BCUT2D eigenvalue weighted by Gasteiger charge is 2.51. The van der Waals surface area contributed by atoms with Crippen LogP contribution in [0.25, 0.3) is 22.2 Å². The molecule has 0 radical (unpaired) electrons. The van der Waals surface area contributed by atoms with Crippen molar-refractivity contribution in [3.8, 4) is 0 Å². The van der Waals surface area contributed by atoms with Gasteiger partial charge >= 0.3 is 13.6 Å². The van der Waals surface area contributed by atoms with E-state index in [0.29, 0.717) is 11.2 Å². The maximum atomic E-state index is 14.9. The van der Waals surface area contributed by atoms with Gasteiger partial charge in [0.25, 0.3) is 5.56 Å². The lowest BCUT2D eigenvalue weighted by Crippen LogP contribution is -2.37. The topological polar surface area (TPSA) is 210 Å². The molecule has 7 rings (SSSR count). The SMILES string of the molecule is Nc1ncnc2c1ncn2[C@H]1C[C@@H]2OP(=O)(S)OC[C@@H]3C[C@@](n4cc(F)c5c(=O)[nH]cnc54)(CO3)OP(=O)(S)OC[C@H]2O1. The summed E-state index contributed by atoms with van der Waals surface area (Å²) in [5, 5.41) is -0.335. The van der Waals surface area contributed by atoms with Gasteiger partial charge in [0.05, 0.1) is 38.6 Å². The number of H-pyrrole nitrogens is 1. The van der Waals surface area contributed by atoms with Gasteiger partial charge in [0.15, 0.2) is 28.7 Å². The van der Waals surface area contributed by atoms with Crippen LogP contribution < -0.4 is 11.3 Å². The largest absolute Gasteiger partial charge is 0.388 e. The van der Waals surface area contributed by atoms with Gasteiger partial charge in [-0.25, -0.2) is 33.5 Å². The van der Waals surface area contributed by atoms with E-state index in [2.05, 4.69) is 49.4 Å². The predicted octanol–water partition coefficient (Wildman–Crippen LogP) is 2.54. The number of hydrogen-bond donors (Lipinski definition) is 4. The minimum absolute atomic E-state index is 0.0914. The Bertz CT molecular complexity index is 1890. The second-order valence-electron chi connectivity index (χ2n) is 10.1. The van der Waals surface area contributed by atoms with E-state index in [1.165, 1.54) is 17.2 Å². The number of hydrogen-bond acceptors (Lipinski definition) is 14. The molecule has 3 N–H and O–H groups in total. The van der Waals surface area contributed by atoms with Crippen molar-refractivity contribution in [2.24, 2.45) is 0 Å². The highest BCUT2D eigenvalue weighted by Crippen LogP contribution is 2.61. The number of aromatic nitrogens is 7. The van der Waals surface area contributed by atoms with Crippen LogP contribution in [0.1, 0.15) is 19.1 Å². The fourth-order valence-electron chi connectivity index (χ4n) is 5.44. The maximum Gasteiger partial charge on any atom is 0.388 e. The predicted molar refractivity (Wildman–Crippen MR) is 152 cm³/mol. The molecule has 4 aromatic heterocycles. The van der Waals surface area contributed by atoms with Gasteiger partial charge in [0.2, 0.25) is 0 Å². The van der Waals surface area contributed by atoms with Crippen LogP contribution in [0.5, 0.6) is 0 Å². The molecule has 43 heavy (non-hydrogen) atoms. The number of nitrogens with one attached hydrogen (secondary N) is 1. The first-order chi connectivity index (χ1) is 20.4. The lowest BCUT2D eigenvalue weighted by atomic mass is 10.1. The molecule has 3 fully saturated rings. The van der Waals surface area contributed by atoms with Crippen molar-refractivity contribution >= 4 is 66.1 Å². The van der Waals surface area contributed by atoms with Gasteiger partial charge < -0.3 is 20.2 Å². The van der Waals surface area contributed by atoms with E-state index >= 15 is 0 Å². The molecule has 4 aromatic rings. The molecule has 22 heteroatoms. The van der Waals surface area contributed by atoms with E-state index < -0.39 is 61.8 Å². The van der Waals surface area contributed by atoms with Crippen molar-refractivity contribution in [2.75, 3.05) is 25.6 Å². The van der Waals surface area contributed by atoms with E-state index in [1.807, 2.05) is 0 Å². The Labute approximate surface area is 251 Å². The summed E-state index contributed by atoms with van der Waals surface area (Å²) in [5.74, 6) is -0.716. The first kappa shape index (κ1) is 29.3. The molecule has 7 atom stereocenters. The molecule has 2 bridgehead atoms. The van der Waals surface area contributed by atoms with Crippen molar-refractivity contribution in [1.82, 2.24) is 34.1 Å². The number of nitrogens with zero attached hydrogens (tertiary/aromatic N) is 6. The van der Waals surface area contributed by atoms with E-state index in [4.69, 9.17) is 33.3 Å². The lowest BCUT2D eigenvalue weighted by Gasteiger charge is -2.32. The van der Waals surface area contributed by atoms with Crippen LogP contribution in [0, 0.1) is 5.82 Å². The number of aromatic amines is 1. The summed E-state index contributed by atoms with van der Waals surface area (Å²) < 4.78 is 79.7. The normalized spacial score (nSPS) is 35.4. The fourth-order valence-corrected chi connectivity index (χ4v) is 8.67. The molecule has 0 saturated carbocycles. The van der Waals surface area contributed by atoms with E-state index in [9.17, 15) is 18.3 Å². The third-order valence-corrected chi connectivity index (χ3v) is 10.6. The Hall–Kier alpha value is -2.38. The first-order valence-corrected chi connectivity index (χ1v) is 18.1. The van der Waals surface area contributed by atoms with Gasteiger partial charge in [-0.3, -0.25) is 32.0 Å². The van der Waals surface area contributed by atoms with Crippen molar-refractivity contribution < 1.29 is 41.1 Å². The zero-order valence-electron chi connectivity index (χ0n) is 21.8. The molecule has 3 saturated heterocycles. The van der Waals surface area contributed by atoms with Gasteiger partial charge in [-0.15, -0.1) is 0 Å². The number of fused-ring (bicyclic) bond motifs is 5. The quantitative estimate of drug-likeness (QED) is 0.178. The third kappa shape index (κ3) is 5.32. The monoisotopic (exact) mass is 676 g/mol. The van der Waals surface area contributed by atoms with Crippen LogP contribution in [0.2, 0.25) is 0 Å². The van der Waals surface area contributed by atoms with Crippen LogP contribution in [0.4, 0.5) is 10.2 Å². The lowest BCUT2D eigenvalue weighted by molar-refractivity contribution is -0.0527. The Morgan fingerprint density at radius 3 is 2.74 bits per heavy atom. The molecule has 7 heterocycles. The summed E-state index contributed by atoms with van der Waals surface area (Å²) in [6, 6.07) is 0. The maximum absolute atomic E-state index is 14.9. The fraction of sp³-hybridized carbons (Fsp3) is 0.476. The Kier molecular flexibility index (Phi) is 7.24. The van der Waals surface area contributed by atoms with Crippen LogP contribution in [0.15, 0.2) is 30.0 Å². The summed E-state index contributed by atoms with van der Waals surface area (Å²) in [5.41, 5.74) is 4.12. The van der Waals surface area contributed by atoms with E-state index in [0.717, 1.165) is 12.5 Å². The molecule has 3 aliphatic rings. The molecule has 0 aliphatic carbocycles. The van der Waals surface area contributed by atoms with Gasteiger partial charge in [-0.2, -0.15) is 0 Å². The van der Waals surface area contributed by atoms with Crippen molar-refractivity contribution in [3.63, 3.8) is 0 Å². The highest BCUT2D eigenvalue weighted by molar-refractivity contribution is 8.44. The smallest absolute Gasteiger partial charge is 0.382 e. The van der Waals surface area contributed by atoms with Crippen molar-refractivity contribution in [3.05, 3.63) is 41.3 Å². The first-order valence-electron chi connectivity index (χ1n) is 12.7. The van der Waals surface area contributed by atoms with Crippen molar-refractivity contribution in [1.29, 1.82) is 0 Å². The van der Waals surface area contributed by atoms with Crippen LogP contribution in [-0.4, -0.2) is 72.2 Å². The number of thiol groups is 2. The van der Waals surface area contributed by atoms with Gasteiger partial charge in [-0.1, -0.05) is 24.5 Å². The Balaban J connectivity index is 1.22. The summed E-state index contributed by atoms with van der Waals surface area (Å²) in [6.45, 7) is -9.30. The molecule has 2 unspecified atom stereocenters. The van der Waals surface area contributed by atoms with Gasteiger partial charge in [0.1, 0.15) is 35.7 Å². The minimum atomic E-state index is -4.28. The second-order valence-corrected chi connectivity index (χ2v) is 15.8. The number of rotatable bonds is 2. The average Bonchev–Trinajstić information content (AvgIpc) is 3.71. The summed E-state index contributed by atoms with van der Waals surface area (Å²) >= 11 is 8.33. The number of nitrogens with two attached hydrogens (primary N) is 1. The molecular formula is C21H23FN8O9P2S2. The van der Waals surface area contributed by atoms with Crippen LogP contribution >= 0.6 is 38.1 Å². The number of halogens is 1. The number of anilines is 1. The molecular weight excluding hydrogens is 653 g/mol. The minimum Gasteiger partial charge on any atom is -0.382 e. The molecule has 230 valence electrons. The molecule has 0 spiro atoms. The summed E-state index contributed by atoms with van der Waals surface area (Å²) in [4.78, 5) is 31.1. The van der Waals surface area contributed by atoms with E-state index in [1.54, 1.807) is 4.57 Å². The van der Waals surface area contributed by atoms with Crippen LogP contribution in [0.3, 0.4) is 0 Å². The summed E-state index contributed by atoms with van der Waals surface area (Å²) in [7, 11) is 0. The molecule has 0 amide bonds. The zero-order valence-corrected chi connectivity index (χ0v) is 25.3.